The molecule has 26 heavy (non-hydrogen) atoms. The van der Waals surface area contributed by atoms with Gasteiger partial charge in [-0.3, -0.25) is 4.98 Å². The second-order valence-electron chi connectivity index (χ2n) is 8.11. The monoisotopic (exact) mass is 344 g/mol. The highest BCUT2D eigenvalue weighted by molar-refractivity contribution is 5.79. The number of para-hydroxylation sites is 1. The highest BCUT2D eigenvalue weighted by Crippen LogP contribution is 2.50. The molecule has 2 heterocycles. The second kappa shape index (κ2) is 5.63. The number of fused-ring (bicyclic) bond motifs is 3. The van der Waals surface area contributed by atoms with Gasteiger partial charge in [-0.05, 0) is 43.3 Å². The van der Waals surface area contributed by atoms with Crippen molar-refractivity contribution in [1.82, 2.24) is 9.88 Å². The molecular formula is C23H24N2O. The summed E-state index contributed by atoms with van der Waals surface area (Å²) in [5, 5.41) is 13.1. The van der Waals surface area contributed by atoms with E-state index in [0.717, 1.165) is 36.0 Å². The van der Waals surface area contributed by atoms with Gasteiger partial charge in [0.05, 0.1) is 11.1 Å². The molecule has 0 amide bonds. The Labute approximate surface area is 154 Å². The Hall–Kier alpha value is -2.23. The number of hydrogen-bond donors (Lipinski definition) is 1. The molecule has 0 spiro atoms. The van der Waals surface area contributed by atoms with Crippen molar-refractivity contribution in [2.75, 3.05) is 20.1 Å². The molecule has 2 aromatic carbocycles. The van der Waals surface area contributed by atoms with Crippen molar-refractivity contribution < 1.29 is 5.11 Å². The first kappa shape index (κ1) is 16.0. The van der Waals surface area contributed by atoms with Crippen LogP contribution in [-0.2, 0) is 18.3 Å². The van der Waals surface area contributed by atoms with Crippen molar-refractivity contribution in [2.45, 2.75) is 30.3 Å². The normalized spacial score (nSPS) is 28.5. The summed E-state index contributed by atoms with van der Waals surface area (Å²) in [7, 11) is 2.11. The van der Waals surface area contributed by atoms with Crippen LogP contribution < -0.4 is 0 Å². The van der Waals surface area contributed by atoms with Gasteiger partial charge >= 0.3 is 0 Å². The molecule has 1 aliphatic heterocycles. The molecule has 1 fully saturated rings. The van der Waals surface area contributed by atoms with Gasteiger partial charge in [-0.15, -0.1) is 0 Å². The molecule has 1 aromatic heterocycles. The largest absolute Gasteiger partial charge is 0.387 e. The van der Waals surface area contributed by atoms with Gasteiger partial charge in [-0.25, -0.2) is 0 Å². The summed E-state index contributed by atoms with van der Waals surface area (Å²) < 4.78 is 0. The SMILES string of the molecule is CN1CC[C@@]2(c3ccccc3)Cc3nc4ccccc4cc3C[C@]2(O)C1. The standard InChI is InChI=1S/C23H24N2O/c1-25-12-11-22(19-8-3-2-4-9-19)15-21-18(14-23(22,26)16-25)13-17-7-5-6-10-20(17)24-21/h2-10,13,26H,11-12,14-16H2,1H3/t22-,23-/m0/s1. The molecule has 1 aliphatic carbocycles. The van der Waals surface area contributed by atoms with Gasteiger partial charge in [0.1, 0.15) is 0 Å². The Morgan fingerprint density at radius 3 is 2.62 bits per heavy atom. The summed E-state index contributed by atoms with van der Waals surface area (Å²) >= 11 is 0. The smallest absolute Gasteiger partial charge is 0.0914 e. The van der Waals surface area contributed by atoms with Crippen molar-refractivity contribution >= 4 is 10.9 Å². The summed E-state index contributed by atoms with van der Waals surface area (Å²) in [5.74, 6) is 0. The van der Waals surface area contributed by atoms with Crippen LogP contribution in [0.5, 0.6) is 0 Å². The summed E-state index contributed by atoms with van der Waals surface area (Å²) in [6.45, 7) is 1.70. The molecule has 3 heteroatoms. The zero-order valence-electron chi connectivity index (χ0n) is 15.2. The minimum Gasteiger partial charge on any atom is -0.387 e. The number of likely N-dealkylation sites (tertiary alicyclic amines) is 1. The number of pyridine rings is 1. The van der Waals surface area contributed by atoms with Gasteiger partial charge in [-0.1, -0.05) is 48.5 Å². The van der Waals surface area contributed by atoms with E-state index >= 15 is 0 Å². The number of benzene rings is 2. The minimum absolute atomic E-state index is 0.261. The number of aliphatic hydroxyl groups is 1. The van der Waals surface area contributed by atoms with Gasteiger partial charge in [0, 0.05) is 35.9 Å². The number of nitrogens with zero attached hydrogens (tertiary/aromatic N) is 2. The molecule has 2 aliphatic rings. The van der Waals surface area contributed by atoms with Crippen LogP contribution in [0.15, 0.2) is 60.7 Å². The average molecular weight is 344 g/mol. The van der Waals surface area contributed by atoms with Crippen molar-refractivity contribution in [2.24, 2.45) is 0 Å². The fourth-order valence-corrected chi connectivity index (χ4v) is 5.15. The summed E-state index contributed by atoms with van der Waals surface area (Å²) in [6, 6.07) is 21.1. The van der Waals surface area contributed by atoms with E-state index in [9.17, 15) is 5.11 Å². The molecule has 1 saturated heterocycles. The maximum absolute atomic E-state index is 11.9. The number of β-amino-alcohol motifs (C(OH)–C–C–N with tert-alkyl or cyclic N) is 1. The second-order valence-corrected chi connectivity index (χ2v) is 8.11. The third-order valence-electron chi connectivity index (χ3n) is 6.51. The van der Waals surface area contributed by atoms with E-state index in [-0.39, 0.29) is 5.41 Å². The van der Waals surface area contributed by atoms with Crippen molar-refractivity contribution in [3.63, 3.8) is 0 Å². The molecule has 132 valence electrons. The first-order chi connectivity index (χ1) is 12.6. The number of piperidine rings is 1. The maximum Gasteiger partial charge on any atom is 0.0914 e. The van der Waals surface area contributed by atoms with E-state index < -0.39 is 5.60 Å². The lowest BCUT2D eigenvalue weighted by atomic mass is 9.56. The van der Waals surface area contributed by atoms with Crippen LogP contribution in [0.2, 0.25) is 0 Å². The van der Waals surface area contributed by atoms with Gasteiger partial charge in [0.25, 0.3) is 0 Å². The fraction of sp³-hybridized carbons (Fsp3) is 0.348. The lowest BCUT2D eigenvalue weighted by Gasteiger charge is -2.56. The van der Waals surface area contributed by atoms with Crippen LogP contribution in [0.3, 0.4) is 0 Å². The highest BCUT2D eigenvalue weighted by atomic mass is 16.3. The van der Waals surface area contributed by atoms with Crippen LogP contribution in [0.4, 0.5) is 0 Å². The molecule has 5 rings (SSSR count). The van der Waals surface area contributed by atoms with Crippen molar-refractivity contribution in [3.8, 4) is 0 Å². The third kappa shape index (κ3) is 2.24. The molecule has 3 aromatic rings. The van der Waals surface area contributed by atoms with E-state index in [1.807, 2.05) is 6.07 Å². The van der Waals surface area contributed by atoms with E-state index in [4.69, 9.17) is 4.98 Å². The van der Waals surface area contributed by atoms with Crippen LogP contribution in [0, 0.1) is 0 Å². The lowest BCUT2D eigenvalue weighted by Crippen LogP contribution is -2.66. The summed E-state index contributed by atoms with van der Waals surface area (Å²) in [6.07, 6.45) is 2.43. The lowest BCUT2D eigenvalue weighted by molar-refractivity contribution is -0.0976. The molecule has 2 atom stereocenters. The molecule has 0 unspecified atom stereocenters. The van der Waals surface area contributed by atoms with E-state index in [0.29, 0.717) is 13.0 Å². The predicted molar refractivity (Wildman–Crippen MR) is 104 cm³/mol. The number of rotatable bonds is 1. The Morgan fingerprint density at radius 2 is 1.77 bits per heavy atom. The zero-order valence-corrected chi connectivity index (χ0v) is 15.2. The summed E-state index contributed by atoms with van der Waals surface area (Å²) in [4.78, 5) is 7.27. The molecule has 0 bridgehead atoms. The molecule has 0 saturated carbocycles. The van der Waals surface area contributed by atoms with Crippen LogP contribution in [-0.4, -0.2) is 40.7 Å². The Balaban J connectivity index is 1.71. The van der Waals surface area contributed by atoms with E-state index in [1.54, 1.807) is 0 Å². The quantitative estimate of drug-likeness (QED) is 0.735. The Kier molecular flexibility index (Phi) is 3.46. The van der Waals surface area contributed by atoms with Gasteiger partial charge < -0.3 is 10.0 Å². The third-order valence-corrected chi connectivity index (χ3v) is 6.51. The van der Waals surface area contributed by atoms with Crippen LogP contribution in [0.25, 0.3) is 10.9 Å². The fourth-order valence-electron chi connectivity index (χ4n) is 5.15. The highest BCUT2D eigenvalue weighted by Gasteiger charge is 2.56. The Bertz CT molecular complexity index is 970. The number of aromatic nitrogens is 1. The van der Waals surface area contributed by atoms with Crippen molar-refractivity contribution in [1.29, 1.82) is 0 Å². The molecule has 3 nitrogen and oxygen atoms in total. The van der Waals surface area contributed by atoms with Gasteiger partial charge in [-0.2, -0.15) is 0 Å². The molecule has 0 radical (unpaired) electrons. The van der Waals surface area contributed by atoms with E-state index in [2.05, 4.69) is 66.5 Å². The average Bonchev–Trinajstić information content (AvgIpc) is 2.65. The van der Waals surface area contributed by atoms with Crippen molar-refractivity contribution in [3.05, 3.63) is 77.5 Å². The first-order valence-corrected chi connectivity index (χ1v) is 9.44. The van der Waals surface area contributed by atoms with E-state index in [1.165, 1.54) is 11.1 Å². The van der Waals surface area contributed by atoms with Crippen LogP contribution >= 0.6 is 0 Å². The molecular weight excluding hydrogens is 320 g/mol. The maximum atomic E-state index is 11.9. The topological polar surface area (TPSA) is 36.4 Å². The predicted octanol–water partition coefficient (Wildman–Crippen LogP) is 3.34. The molecule has 1 N–H and O–H groups in total. The number of likely N-dealkylation sites (N-methyl/N-ethyl adjacent to an activating group) is 1. The Morgan fingerprint density at radius 1 is 1.00 bits per heavy atom. The van der Waals surface area contributed by atoms with Gasteiger partial charge in [0.2, 0.25) is 0 Å². The van der Waals surface area contributed by atoms with Gasteiger partial charge in [0.15, 0.2) is 0 Å². The zero-order chi connectivity index (χ0) is 17.8. The number of hydrogen-bond acceptors (Lipinski definition) is 3. The first-order valence-electron chi connectivity index (χ1n) is 9.44. The van der Waals surface area contributed by atoms with Crippen LogP contribution in [0.1, 0.15) is 23.2 Å². The minimum atomic E-state index is -0.765. The summed E-state index contributed by atoms with van der Waals surface area (Å²) in [5.41, 5.74) is 3.63.